The van der Waals surface area contributed by atoms with Crippen molar-refractivity contribution in [1.82, 2.24) is 10.6 Å². The maximum Gasteiger partial charge on any atom is 0.407 e. The Morgan fingerprint density at radius 1 is 0.971 bits per heavy atom. The van der Waals surface area contributed by atoms with Gasteiger partial charge in [-0.3, -0.25) is 4.79 Å². The molecule has 4 N–H and O–H groups in total. The Balaban J connectivity index is 1.59. The minimum Gasteiger partial charge on any atom is -0.458 e. The molecule has 8 nitrogen and oxygen atoms in total. The zero-order valence-electron chi connectivity index (χ0n) is 20.6. The van der Waals surface area contributed by atoms with E-state index >= 15 is 0 Å². The van der Waals surface area contributed by atoms with E-state index in [-0.39, 0.29) is 25.0 Å². The van der Waals surface area contributed by atoms with Crippen LogP contribution in [-0.4, -0.2) is 49.3 Å². The Kier molecular flexibility index (Phi) is 8.87. The lowest BCUT2D eigenvalue weighted by atomic mass is 9.98. The molecule has 0 saturated carbocycles. The van der Waals surface area contributed by atoms with Crippen molar-refractivity contribution in [2.24, 2.45) is 5.73 Å². The van der Waals surface area contributed by atoms with Gasteiger partial charge < -0.3 is 25.8 Å². The van der Waals surface area contributed by atoms with Crippen LogP contribution in [0.15, 0.2) is 48.5 Å². The molecule has 1 atom stereocenters. The highest BCUT2D eigenvalue weighted by atomic mass is 16.6. The van der Waals surface area contributed by atoms with E-state index in [1.807, 2.05) is 36.4 Å². The molecule has 0 heterocycles. The fourth-order valence-electron chi connectivity index (χ4n) is 4.18. The van der Waals surface area contributed by atoms with Crippen LogP contribution >= 0.6 is 0 Å². The molecular weight excluding hydrogens is 446 g/mol. The molecule has 0 unspecified atom stereocenters. The molecule has 1 aliphatic rings. The normalized spacial score (nSPS) is 13.4. The van der Waals surface area contributed by atoms with Crippen LogP contribution in [0.2, 0.25) is 0 Å². The van der Waals surface area contributed by atoms with Gasteiger partial charge in [-0.2, -0.15) is 0 Å². The molecule has 0 bridgehead atoms. The predicted octanol–water partition coefficient (Wildman–Crippen LogP) is 3.48. The number of hydrogen-bond donors (Lipinski definition) is 3. The first-order valence-corrected chi connectivity index (χ1v) is 12.0. The Bertz CT molecular complexity index is 1000. The maximum atomic E-state index is 12.7. The van der Waals surface area contributed by atoms with Crippen LogP contribution in [-0.2, 0) is 19.1 Å². The highest BCUT2D eigenvalue weighted by molar-refractivity contribution is 5.82. The molecule has 0 aromatic heterocycles. The Morgan fingerprint density at radius 3 is 2.14 bits per heavy atom. The van der Waals surface area contributed by atoms with Gasteiger partial charge in [-0.1, -0.05) is 48.5 Å². The smallest absolute Gasteiger partial charge is 0.407 e. The minimum absolute atomic E-state index is 0.0656. The van der Waals surface area contributed by atoms with E-state index in [0.717, 1.165) is 22.3 Å². The molecule has 0 aliphatic heterocycles. The first kappa shape index (κ1) is 26.2. The molecule has 0 radical (unpaired) electrons. The number of esters is 1. The molecule has 8 heteroatoms. The Hall–Kier alpha value is -3.39. The minimum atomic E-state index is -0.852. The highest BCUT2D eigenvalue weighted by Crippen LogP contribution is 2.44. The van der Waals surface area contributed by atoms with Crippen molar-refractivity contribution < 1.29 is 23.9 Å². The largest absolute Gasteiger partial charge is 0.458 e. The van der Waals surface area contributed by atoms with Gasteiger partial charge >= 0.3 is 12.1 Å². The van der Waals surface area contributed by atoms with E-state index in [9.17, 15) is 14.4 Å². The summed E-state index contributed by atoms with van der Waals surface area (Å²) in [4.78, 5) is 36.7. The van der Waals surface area contributed by atoms with E-state index in [4.69, 9.17) is 15.2 Å². The van der Waals surface area contributed by atoms with Crippen LogP contribution in [0.4, 0.5) is 4.79 Å². The lowest BCUT2D eigenvalue weighted by molar-refractivity contribution is -0.157. The molecule has 188 valence electrons. The summed E-state index contributed by atoms with van der Waals surface area (Å²) in [5.74, 6) is -0.818. The number of unbranched alkanes of at least 4 members (excludes halogenated alkanes) is 1. The second-order valence-electron chi connectivity index (χ2n) is 9.61. The summed E-state index contributed by atoms with van der Waals surface area (Å²) in [5.41, 5.74) is 9.11. The Labute approximate surface area is 206 Å². The van der Waals surface area contributed by atoms with Crippen molar-refractivity contribution in [1.29, 1.82) is 0 Å². The van der Waals surface area contributed by atoms with Crippen molar-refractivity contribution >= 4 is 18.0 Å². The van der Waals surface area contributed by atoms with Gasteiger partial charge in [0.1, 0.15) is 18.2 Å². The molecule has 2 amide bonds. The van der Waals surface area contributed by atoms with E-state index in [1.54, 1.807) is 20.8 Å². The zero-order chi connectivity index (χ0) is 25.4. The summed E-state index contributed by atoms with van der Waals surface area (Å²) in [6, 6.07) is 15.3. The van der Waals surface area contributed by atoms with Crippen LogP contribution in [0.25, 0.3) is 11.1 Å². The number of nitrogens with one attached hydrogen (secondary N) is 2. The molecule has 0 spiro atoms. The third-order valence-electron chi connectivity index (χ3n) is 5.75. The number of rotatable bonds is 10. The first-order valence-electron chi connectivity index (χ1n) is 12.0. The van der Waals surface area contributed by atoms with Crippen molar-refractivity contribution in [3.05, 3.63) is 59.7 Å². The van der Waals surface area contributed by atoms with Crippen LogP contribution in [0.3, 0.4) is 0 Å². The van der Waals surface area contributed by atoms with E-state index in [1.165, 1.54) is 0 Å². The van der Waals surface area contributed by atoms with Crippen LogP contribution in [0.1, 0.15) is 57.1 Å². The van der Waals surface area contributed by atoms with Gasteiger partial charge in [0.25, 0.3) is 0 Å². The van der Waals surface area contributed by atoms with Gasteiger partial charge in [-0.15, -0.1) is 0 Å². The maximum absolute atomic E-state index is 12.7. The fourth-order valence-corrected chi connectivity index (χ4v) is 4.18. The molecule has 1 aliphatic carbocycles. The number of carbonyl (C=O) groups excluding carboxylic acids is 3. The number of nitrogens with two attached hydrogens (primary N) is 1. The second-order valence-corrected chi connectivity index (χ2v) is 9.61. The SMILES string of the molecule is CC(C)(C)OC(=O)[C@H](CCCCNC(=O)CN)NC(=O)OCC1c2ccccc2-c2ccccc21. The average Bonchev–Trinajstić information content (AvgIpc) is 3.14. The predicted molar refractivity (Wildman–Crippen MR) is 134 cm³/mol. The molecule has 35 heavy (non-hydrogen) atoms. The van der Waals surface area contributed by atoms with Crippen molar-refractivity contribution in [2.75, 3.05) is 19.7 Å². The lowest BCUT2D eigenvalue weighted by Gasteiger charge is -2.24. The van der Waals surface area contributed by atoms with Crippen LogP contribution < -0.4 is 16.4 Å². The third-order valence-corrected chi connectivity index (χ3v) is 5.75. The average molecular weight is 482 g/mol. The molecular formula is C27H35N3O5. The number of ether oxygens (including phenoxy) is 2. The van der Waals surface area contributed by atoms with Gasteiger partial charge in [-0.05, 0) is 62.3 Å². The molecule has 0 saturated heterocycles. The first-order chi connectivity index (χ1) is 16.7. The molecule has 0 fully saturated rings. The highest BCUT2D eigenvalue weighted by Gasteiger charge is 2.30. The number of fused-ring (bicyclic) bond motifs is 3. The molecule has 2 aromatic rings. The quantitative estimate of drug-likeness (QED) is 0.353. The summed E-state index contributed by atoms with van der Waals surface area (Å²) in [5, 5.41) is 5.37. The number of alkyl carbamates (subject to hydrolysis) is 1. The van der Waals surface area contributed by atoms with Crippen LogP contribution in [0, 0.1) is 0 Å². The van der Waals surface area contributed by atoms with Crippen LogP contribution in [0.5, 0.6) is 0 Å². The van der Waals surface area contributed by atoms with Gasteiger partial charge in [0.05, 0.1) is 6.54 Å². The van der Waals surface area contributed by atoms with Crippen molar-refractivity contribution in [3.8, 4) is 11.1 Å². The molecule has 2 aromatic carbocycles. The monoisotopic (exact) mass is 481 g/mol. The van der Waals surface area contributed by atoms with Crippen molar-refractivity contribution in [3.63, 3.8) is 0 Å². The van der Waals surface area contributed by atoms with E-state index in [0.29, 0.717) is 25.8 Å². The van der Waals surface area contributed by atoms with E-state index < -0.39 is 23.7 Å². The third kappa shape index (κ3) is 7.29. The van der Waals surface area contributed by atoms with Gasteiger partial charge in [-0.25, -0.2) is 9.59 Å². The van der Waals surface area contributed by atoms with E-state index in [2.05, 4.69) is 22.8 Å². The fraction of sp³-hybridized carbons (Fsp3) is 0.444. The van der Waals surface area contributed by atoms with Gasteiger partial charge in [0, 0.05) is 12.5 Å². The number of hydrogen-bond acceptors (Lipinski definition) is 6. The molecule has 3 rings (SSSR count). The zero-order valence-corrected chi connectivity index (χ0v) is 20.6. The summed E-state index contributed by atoms with van der Waals surface area (Å²) in [6.45, 7) is 5.87. The number of amides is 2. The number of benzene rings is 2. The standard InChI is InChI=1S/C27H35N3O5/c1-27(2,3)35-25(32)23(14-8-9-15-29-24(31)16-28)30-26(33)34-17-22-20-12-6-4-10-18(20)19-11-5-7-13-21(19)22/h4-7,10-13,22-23H,8-9,14-17,28H2,1-3H3,(H,29,31)(H,30,33)/t23-/m0/s1. The van der Waals surface area contributed by atoms with Crippen molar-refractivity contribution in [2.45, 2.75) is 57.6 Å². The second kappa shape index (κ2) is 11.8. The lowest BCUT2D eigenvalue weighted by Crippen LogP contribution is -2.44. The topological polar surface area (TPSA) is 120 Å². The summed E-state index contributed by atoms with van der Waals surface area (Å²) in [7, 11) is 0. The van der Waals surface area contributed by atoms with Gasteiger partial charge in [0.15, 0.2) is 0 Å². The summed E-state index contributed by atoms with van der Waals surface area (Å²) >= 11 is 0. The number of carbonyl (C=O) groups is 3. The summed E-state index contributed by atoms with van der Waals surface area (Å²) in [6.07, 6.45) is 0.923. The van der Waals surface area contributed by atoms with Gasteiger partial charge in [0.2, 0.25) is 5.91 Å². The summed E-state index contributed by atoms with van der Waals surface area (Å²) < 4.78 is 11.1. The Morgan fingerprint density at radius 2 is 1.57 bits per heavy atom.